The Bertz CT molecular complexity index is 421. The molecular formula is C10H10ClF3N2O. The number of nitrogens with one attached hydrogen (secondary N) is 2. The number of alkyl halides is 3. The average Bonchev–Trinajstić information content (AvgIpc) is 2.19. The van der Waals surface area contributed by atoms with Gasteiger partial charge < -0.3 is 10.6 Å². The Kier molecular flexibility index (Phi) is 4.36. The van der Waals surface area contributed by atoms with E-state index in [1.54, 1.807) is 0 Å². The SMILES string of the molecule is CNCC(=O)Nc1c(Cl)cccc1C(F)(F)F. The van der Waals surface area contributed by atoms with Gasteiger partial charge in [0, 0.05) is 0 Å². The molecule has 17 heavy (non-hydrogen) atoms. The molecule has 1 aromatic carbocycles. The molecule has 2 N–H and O–H groups in total. The van der Waals surface area contributed by atoms with Crippen LogP contribution in [-0.4, -0.2) is 19.5 Å². The molecule has 0 aliphatic heterocycles. The number of amides is 1. The predicted octanol–water partition coefficient (Wildman–Crippen LogP) is 2.52. The first-order valence-corrected chi connectivity index (χ1v) is 5.04. The van der Waals surface area contributed by atoms with Crippen molar-refractivity contribution in [1.82, 2.24) is 5.32 Å². The highest BCUT2D eigenvalue weighted by molar-refractivity contribution is 6.34. The first-order valence-electron chi connectivity index (χ1n) is 4.66. The summed E-state index contributed by atoms with van der Waals surface area (Å²) in [5.41, 5.74) is -1.38. The molecule has 0 bridgehead atoms. The van der Waals surface area contributed by atoms with E-state index in [2.05, 4.69) is 10.6 Å². The molecule has 0 unspecified atom stereocenters. The summed E-state index contributed by atoms with van der Waals surface area (Å²) < 4.78 is 37.9. The third kappa shape index (κ3) is 3.61. The number of hydrogen-bond donors (Lipinski definition) is 2. The molecule has 0 saturated heterocycles. The van der Waals surface area contributed by atoms with E-state index in [4.69, 9.17) is 11.6 Å². The maximum absolute atomic E-state index is 12.6. The van der Waals surface area contributed by atoms with E-state index in [-0.39, 0.29) is 11.6 Å². The predicted molar refractivity (Wildman–Crippen MR) is 59.0 cm³/mol. The van der Waals surface area contributed by atoms with E-state index < -0.39 is 23.3 Å². The molecule has 1 amide bonds. The van der Waals surface area contributed by atoms with Gasteiger partial charge in [0.1, 0.15) is 0 Å². The van der Waals surface area contributed by atoms with Gasteiger partial charge in [0.2, 0.25) is 5.91 Å². The standard InChI is InChI=1S/C10H10ClF3N2O/c1-15-5-8(17)16-9-6(10(12,13)14)3-2-4-7(9)11/h2-4,15H,5H2,1H3,(H,16,17). The largest absolute Gasteiger partial charge is 0.418 e. The summed E-state index contributed by atoms with van der Waals surface area (Å²) in [6.45, 7) is -0.0947. The molecule has 7 heteroatoms. The van der Waals surface area contributed by atoms with E-state index in [9.17, 15) is 18.0 Å². The number of hydrogen-bond acceptors (Lipinski definition) is 2. The maximum Gasteiger partial charge on any atom is 0.418 e. The molecule has 0 spiro atoms. The summed E-state index contributed by atoms with van der Waals surface area (Å²) in [4.78, 5) is 11.2. The minimum Gasteiger partial charge on any atom is -0.323 e. The van der Waals surface area contributed by atoms with Crippen LogP contribution in [0.25, 0.3) is 0 Å². The van der Waals surface area contributed by atoms with E-state index >= 15 is 0 Å². The summed E-state index contributed by atoms with van der Waals surface area (Å²) in [6.07, 6.45) is -4.56. The van der Waals surface area contributed by atoms with Crippen LogP contribution in [0.15, 0.2) is 18.2 Å². The number of carbonyl (C=O) groups excluding carboxylic acids is 1. The van der Waals surface area contributed by atoms with Gasteiger partial charge in [0.15, 0.2) is 0 Å². The minimum atomic E-state index is -4.56. The molecule has 0 aliphatic carbocycles. The highest BCUT2D eigenvalue weighted by Crippen LogP contribution is 2.38. The maximum atomic E-state index is 12.6. The van der Waals surface area contributed by atoms with Crippen LogP contribution in [0.4, 0.5) is 18.9 Å². The van der Waals surface area contributed by atoms with E-state index in [1.807, 2.05) is 0 Å². The Labute approximate surface area is 101 Å². The van der Waals surface area contributed by atoms with Crippen molar-refractivity contribution in [1.29, 1.82) is 0 Å². The van der Waals surface area contributed by atoms with Crippen molar-refractivity contribution in [2.45, 2.75) is 6.18 Å². The van der Waals surface area contributed by atoms with Gasteiger partial charge in [-0.2, -0.15) is 13.2 Å². The van der Waals surface area contributed by atoms with Crippen LogP contribution in [0, 0.1) is 0 Å². The molecule has 0 aromatic heterocycles. The summed E-state index contributed by atoms with van der Waals surface area (Å²) in [7, 11) is 1.51. The number of rotatable bonds is 3. The first-order chi connectivity index (χ1) is 7.86. The Balaban J connectivity index is 3.09. The van der Waals surface area contributed by atoms with Crippen molar-refractivity contribution >= 4 is 23.2 Å². The van der Waals surface area contributed by atoms with Crippen LogP contribution in [-0.2, 0) is 11.0 Å². The molecule has 94 valence electrons. The second kappa shape index (κ2) is 5.37. The van der Waals surface area contributed by atoms with Crippen LogP contribution in [0.3, 0.4) is 0 Å². The van der Waals surface area contributed by atoms with Gasteiger partial charge in [-0.15, -0.1) is 0 Å². The lowest BCUT2D eigenvalue weighted by Crippen LogP contribution is -2.26. The lowest BCUT2D eigenvalue weighted by Gasteiger charge is -2.14. The van der Waals surface area contributed by atoms with Crippen molar-refractivity contribution < 1.29 is 18.0 Å². The first kappa shape index (κ1) is 13.8. The van der Waals surface area contributed by atoms with Crippen LogP contribution in [0.5, 0.6) is 0 Å². The van der Waals surface area contributed by atoms with E-state index in [0.717, 1.165) is 6.07 Å². The van der Waals surface area contributed by atoms with Crippen LogP contribution in [0.1, 0.15) is 5.56 Å². The van der Waals surface area contributed by atoms with Gasteiger partial charge in [0.05, 0.1) is 22.8 Å². The second-order valence-corrected chi connectivity index (χ2v) is 3.65. The number of anilines is 1. The van der Waals surface area contributed by atoms with E-state index in [0.29, 0.717) is 0 Å². The van der Waals surface area contributed by atoms with Crippen molar-refractivity contribution in [3.05, 3.63) is 28.8 Å². The number of para-hydroxylation sites is 1. The van der Waals surface area contributed by atoms with Crippen LogP contribution >= 0.6 is 11.6 Å². The monoisotopic (exact) mass is 266 g/mol. The van der Waals surface area contributed by atoms with Crippen molar-refractivity contribution in [2.24, 2.45) is 0 Å². The lowest BCUT2D eigenvalue weighted by molar-refractivity contribution is -0.137. The minimum absolute atomic E-state index is 0.0947. The van der Waals surface area contributed by atoms with Crippen molar-refractivity contribution in [3.8, 4) is 0 Å². The lowest BCUT2D eigenvalue weighted by atomic mass is 10.1. The Hall–Kier alpha value is -1.27. The summed E-state index contributed by atoms with van der Waals surface area (Å²) in [5.74, 6) is -0.592. The molecular weight excluding hydrogens is 257 g/mol. The highest BCUT2D eigenvalue weighted by atomic mass is 35.5. The van der Waals surface area contributed by atoms with Crippen LogP contribution in [0.2, 0.25) is 5.02 Å². The highest BCUT2D eigenvalue weighted by Gasteiger charge is 2.34. The number of benzene rings is 1. The second-order valence-electron chi connectivity index (χ2n) is 3.24. The molecule has 0 fully saturated rings. The van der Waals surface area contributed by atoms with Crippen molar-refractivity contribution in [2.75, 3.05) is 18.9 Å². The Morgan fingerprint density at radius 2 is 2.06 bits per heavy atom. The van der Waals surface area contributed by atoms with Gasteiger partial charge in [-0.05, 0) is 19.2 Å². The average molecular weight is 267 g/mol. The number of carbonyl (C=O) groups is 1. The topological polar surface area (TPSA) is 41.1 Å². The molecule has 0 radical (unpaired) electrons. The van der Waals surface area contributed by atoms with Crippen LogP contribution < -0.4 is 10.6 Å². The molecule has 0 saturated carbocycles. The summed E-state index contributed by atoms with van der Waals surface area (Å²) >= 11 is 5.64. The molecule has 0 heterocycles. The normalized spacial score (nSPS) is 11.4. The molecule has 3 nitrogen and oxygen atoms in total. The fourth-order valence-corrected chi connectivity index (χ4v) is 1.45. The molecule has 1 rings (SSSR count). The quantitative estimate of drug-likeness (QED) is 0.883. The summed E-state index contributed by atoms with van der Waals surface area (Å²) in [5, 5.41) is 4.51. The van der Waals surface area contributed by atoms with Gasteiger partial charge in [-0.1, -0.05) is 17.7 Å². The van der Waals surface area contributed by atoms with Gasteiger partial charge >= 0.3 is 6.18 Å². The zero-order valence-corrected chi connectivity index (χ0v) is 9.62. The zero-order valence-electron chi connectivity index (χ0n) is 8.86. The van der Waals surface area contributed by atoms with E-state index in [1.165, 1.54) is 19.2 Å². The van der Waals surface area contributed by atoms with Gasteiger partial charge in [0.25, 0.3) is 0 Å². The Morgan fingerprint density at radius 3 is 2.59 bits per heavy atom. The summed E-state index contributed by atoms with van der Waals surface area (Å²) in [6, 6.07) is 3.32. The Morgan fingerprint density at radius 1 is 1.41 bits per heavy atom. The third-order valence-corrected chi connectivity index (χ3v) is 2.24. The fourth-order valence-electron chi connectivity index (χ4n) is 1.23. The van der Waals surface area contributed by atoms with Gasteiger partial charge in [-0.3, -0.25) is 4.79 Å². The van der Waals surface area contributed by atoms with Crippen molar-refractivity contribution in [3.63, 3.8) is 0 Å². The smallest absolute Gasteiger partial charge is 0.323 e. The number of likely N-dealkylation sites (N-methyl/N-ethyl adjacent to an activating group) is 1. The van der Waals surface area contributed by atoms with Gasteiger partial charge in [-0.25, -0.2) is 0 Å². The molecule has 0 aliphatic rings. The number of halogens is 4. The molecule has 0 atom stereocenters. The third-order valence-electron chi connectivity index (χ3n) is 1.92. The fraction of sp³-hybridized carbons (Fsp3) is 0.300. The molecule has 1 aromatic rings. The zero-order chi connectivity index (χ0) is 13.1.